The van der Waals surface area contributed by atoms with E-state index in [4.69, 9.17) is 16.3 Å². The van der Waals surface area contributed by atoms with Crippen LogP contribution in [0.5, 0.6) is 0 Å². The van der Waals surface area contributed by atoms with Gasteiger partial charge in [0, 0.05) is 33.0 Å². The van der Waals surface area contributed by atoms with Gasteiger partial charge in [0.25, 0.3) is 0 Å². The lowest BCUT2D eigenvalue weighted by atomic mass is 10.00. The van der Waals surface area contributed by atoms with E-state index in [1.54, 1.807) is 11.9 Å². The number of hydrogen-bond acceptors (Lipinski definition) is 3. The molecule has 1 aliphatic heterocycles. The normalized spacial score (nSPS) is 17.2. The predicted octanol–water partition coefficient (Wildman–Crippen LogP) is 3.62. The van der Waals surface area contributed by atoms with E-state index in [2.05, 4.69) is 4.98 Å². The second-order valence-corrected chi connectivity index (χ2v) is 5.37. The molecule has 0 atom stereocenters. The first kappa shape index (κ1) is 15.4. The Hall–Kier alpha value is -1.01. The second-order valence-electron chi connectivity index (χ2n) is 4.96. The third-order valence-corrected chi connectivity index (χ3v) is 3.66. The number of anilines is 1. The SMILES string of the molecule is CN(CC1CCOCC1)c1ncc(C(F)(F)F)cc1Cl. The van der Waals surface area contributed by atoms with Crippen molar-refractivity contribution in [1.29, 1.82) is 0 Å². The lowest BCUT2D eigenvalue weighted by Gasteiger charge is -2.28. The highest BCUT2D eigenvalue weighted by Crippen LogP contribution is 2.33. The van der Waals surface area contributed by atoms with Crippen molar-refractivity contribution in [2.75, 3.05) is 31.7 Å². The van der Waals surface area contributed by atoms with Crippen LogP contribution in [0.1, 0.15) is 18.4 Å². The lowest BCUT2D eigenvalue weighted by molar-refractivity contribution is -0.137. The molecular weight excluding hydrogens is 293 g/mol. The number of rotatable bonds is 3. The molecule has 0 aromatic carbocycles. The maximum Gasteiger partial charge on any atom is 0.417 e. The van der Waals surface area contributed by atoms with Crippen molar-refractivity contribution in [3.63, 3.8) is 0 Å². The fourth-order valence-corrected chi connectivity index (χ4v) is 2.58. The number of halogens is 4. The van der Waals surface area contributed by atoms with E-state index >= 15 is 0 Å². The fraction of sp³-hybridized carbons (Fsp3) is 0.615. The summed E-state index contributed by atoms with van der Waals surface area (Å²) in [5, 5.41) is 0.0226. The van der Waals surface area contributed by atoms with Crippen LogP contribution < -0.4 is 4.90 Å². The van der Waals surface area contributed by atoms with Crippen LogP contribution in [0.15, 0.2) is 12.3 Å². The first-order valence-electron chi connectivity index (χ1n) is 6.39. The van der Waals surface area contributed by atoms with Gasteiger partial charge in [-0.15, -0.1) is 0 Å². The largest absolute Gasteiger partial charge is 0.417 e. The third kappa shape index (κ3) is 3.76. The van der Waals surface area contributed by atoms with Crippen LogP contribution in [0, 0.1) is 5.92 Å². The minimum atomic E-state index is -4.42. The van der Waals surface area contributed by atoms with Crippen molar-refractivity contribution in [3.05, 3.63) is 22.8 Å². The molecule has 112 valence electrons. The molecule has 1 fully saturated rings. The van der Waals surface area contributed by atoms with Gasteiger partial charge in [-0.3, -0.25) is 0 Å². The van der Waals surface area contributed by atoms with Gasteiger partial charge in [-0.05, 0) is 24.8 Å². The van der Waals surface area contributed by atoms with Gasteiger partial charge in [-0.25, -0.2) is 4.98 Å². The van der Waals surface area contributed by atoms with Crippen LogP contribution in [-0.4, -0.2) is 31.8 Å². The van der Waals surface area contributed by atoms with Gasteiger partial charge in [0.1, 0.15) is 5.82 Å². The minimum absolute atomic E-state index is 0.0226. The fourth-order valence-electron chi connectivity index (χ4n) is 2.27. The Bertz CT molecular complexity index is 461. The summed E-state index contributed by atoms with van der Waals surface area (Å²) in [5.74, 6) is 0.833. The van der Waals surface area contributed by atoms with Crippen LogP contribution in [-0.2, 0) is 10.9 Å². The molecule has 0 N–H and O–H groups in total. The van der Waals surface area contributed by atoms with E-state index in [-0.39, 0.29) is 5.02 Å². The molecule has 1 aromatic heterocycles. The number of alkyl halides is 3. The Morgan fingerprint density at radius 2 is 2.05 bits per heavy atom. The Balaban J connectivity index is 2.07. The summed E-state index contributed by atoms with van der Waals surface area (Å²) in [5.41, 5.74) is -0.828. The maximum atomic E-state index is 12.5. The zero-order valence-electron chi connectivity index (χ0n) is 11.1. The van der Waals surface area contributed by atoms with Crippen molar-refractivity contribution in [1.82, 2.24) is 4.98 Å². The second kappa shape index (κ2) is 6.18. The van der Waals surface area contributed by atoms with Gasteiger partial charge >= 0.3 is 6.18 Å². The highest BCUT2D eigenvalue weighted by molar-refractivity contribution is 6.33. The standard InChI is InChI=1S/C13H16ClF3N2O/c1-19(8-9-2-4-20-5-3-9)12-11(14)6-10(7-18-12)13(15,16)17/h6-7,9H,2-5,8H2,1H3. The Morgan fingerprint density at radius 1 is 1.40 bits per heavy atom. The van der Waals surface area contributed by atoms with E-state index in [1.807, 2.05) is 0 Å². The van der Waals surface area contributed by atoms with Crippen molar-refractivity contribution < 1.29 is 17.9 Å². The minimum Gasteiger partial charge on any atom is -0.381 e. The van der Waals surface area contributed by atoms with Gasteiger partial charge in [0.15, 0.2) is 0 Å². The van der Waals surface area contributed by atoms with Crippen LogP contribution in [0.2, 0.25) is 5.02 Å². The molecule has 7 heteroatoms. The number of aromatic nitrogens is 1. The molecule has 0 unspecified atom stereocenters. The van der Waals surface area contributed by atoms with Crippen molar-refractivity contribution in [2.45, 2.75) is 19.0 Å². The summed E-state index contributed by atoms with van der Waals surface area (Å²) in [6, 6.07) is 0.921. The van der Waals surface area contributed by atoms with Crippen LogP contribution >= 0.6 is 11.6 Å². The molecule has 2 heterocycles. The third-order valence-electron chi connectivity index (χ3n) is 3.38. The molecule has 20 heavy (non-hydrogen) atoms. The molecule has 0 radical (unpaired) electrons. The number of pyridine rings is 1. The van der Waals surface area contributed by atoms with Crippen LogP contribution in [0.25, 0.3) is 0 Å². The highest BCUT2D eigenvalue weighted by Gasteiger charge is 2.32. The van der Waals surface area contributed by atoms with Crippen molar-refractivity contribution in [3.8, 4) is 0 Å². The van der Waals surface area contributed by atoms with E-state index in [0.717, 1.165) is 38.3 Å². The predicted molar refractivity (Wildman–Crippen MR) is 71.1 cm³/mol. The first-order chi connectivity index (χ1) is 9.38. The summed E-state index contributed by atoms with van der Waals surface area (Å²) in [4.78, 5) is 5.66. The molecule has 3 nitrogen and oxygen atoms in total. The molecule has 1 aliphatic rings. The summed E-state index contributed by atoms with van der Waals surface area (Å²) in [6.07, 6.45) is -1.71. The quantitative estimate of drug-likeness (QED) is 0.853. The average molecular weight is 309 g/mol. The van der Waals surface area contributed by atoms with Crippen LogP contribution in [0.4, 0.5) is 19.0 Å². The molecule has 1 saturated heterocycles. The number of nitrogens with zero attached hydrogens (tertiary/aromatic N) is 2. The molecule has 1 aromatic rings. The Labute approximate surface area is 120 Å². The monoisotopic (exact) mass is 308 g/mol. The van der Waals surface area contributed by atoms with E-state index in [9.17, 15) is 13.2 Å². The molecule has 0 aliphatic carbocycles. The first-order valence-corrected chi connectivity index (χ1v) is 6.77. The van der Waals surface area contributed by atoms with E-state index in [0.29, 0.717) is 18.3 Å². The van der Waals surface area contributed by atoms with Crippen molar-refractivity contribution >= 4 is 17.4 Å². The Kier molecular flexibility index (Phi) is 4.75. The molecule has 0 amide bonds. The molecule has 0 spiro atoms. The summed E-state index contributed by atoms with van der Waals surface area (Å²) in [6.45, 7) is 2.17. The van der Waals surface area contributed by atoms with Gasteiger partial charge in [0.05, 0.1) is 10.6 Å². The van der Waals surface area contributed by atoms with E-state index < -0.39 is 11.7 Å². The van der Waals surface area contributed by atoms with Crippen LogP contribution in [0.3, 0.4) is 0 Å². The highest BCUT2D eigenvalue weighted by atomic mass is 35.5. The zero-order valence-corrected chi connectivity index (χ0v) is 11.8. The number of hydrogen-bond donors (Lipinski definition) is 0. The average Bonchev–Trinajstić information content (AvgIpc) is 2.38. The zero-order chi connectivity index (χ0) is 14.8. The molecule has 2 rings (SSSR count). The lowest BCUT2D eigenvalue weighted by Crippen LogP contribution is -2.30. The smallest absolute Gasteiger partial charge is 0.381 e. The summed E-state index contributed by atoms with van der Waals surface area (Å²) in [7, 11) is 1.79. The van der Waals surface area contributed by atoms with Gasteiger partial charge in [0.2, 0.25) is 0 Å². The van der Waals surface area contributed by atoms with E-state index in [1.165, 1.54) is 0 Å². The van der Waals surface area contributed by atoms with Crippen molar-refractivity contribution in [2.24, 2.45) is 5.92 Å². The maximum absolute atomic E-state index is 12.5. The van der Waals surface area contributed by atoms with Gasteiger partial charge in [-0.1, -0.05) is 11.6 Å². The molecule has 0 saturated carbocycles. The Morgan fingerprint density at radius 3 is 2.60 bits per heavy atom. The number of ether oxygens (including phenoxy) is 1. The van der Waals surface area contributed by atoms with Gasteiger partial charge in [-0.2, -0.15) is 13.2 Å². The summed E-state index contributed by atoms with van der Waals surface area (Å²) >= 11 is 5.92. The van der Waals surface area contributed by atoms with Gasteiger partial charge < -0.3 is 9.64 Å². The molecule has 0 bridgehead atoms. The summed E-state index contributed by atoms with van der Waals surface area (Å²) < 4.78 is 42.9. The topological polar surface area (TPSA) is 25.4 Å². The molecular formula is C13H16ClF3N2O.